The van der Waals surface area contributed by atoms with Gasteiger partial charge in [0.1, 0.15) is 5.01 Å². The van der Waals surface area contributed by atoms with E-state index in [0.29, 0.717) is 4.88 Å². The fourth-order valence-corrected chi connectivity index (χ4v) is 2.12. The third-order valence-corrected chi connectivity index (χ3v) is 3.08. The topological polar surface area (TPSA) is 47.8 Å². The fraction of sp³-hybridized carbons (Fsp3) is 0.222. The van der Waals surface area contributed by atoms with E-state index in [1.807, 2.05) is 18.5 Å². The second kappa shape index (κ2) is 3.34. The molecule has 0 aliphatic rings. The average molecular weight is 207 g/mol. The van der Waals surface area contributed by atoms with Gasteiger partial charge in [-0.25, -0.2) is 9.97 Å². The maximum Gasteiger partial charge on any atom is 0.161 e. The van der Waals surface area contributed by atoms with Gasteiger partial charge < -0.3 is 4.57 Å². The predicted molar refractivity (Wildman–Crippen MR) is 54.4 cm³/mol. The molecule has 72 valence electrons. The van der Waals surface area contributed by atoms with Crippen molar-refractivity contribution in [2.75, 3.05) is 0 Å². The van der Waals surface area contributed by atoms with E-state index in [9.17, 15) is 4.79 Å². The van der Waals surface area contributed by atoms with Crippen LogP contribution in [0.3, 0.4) is 0 Å². The Morgan fingerprint density at radius 3 is 2.86 bits per heavy atom. The Labute approximate surface area is 85.2 Å². The van der Waals surface area contributed by atoms with Crippen LogP contribution in [-0.2, 0) is 7.05 Å². The molecule has 0 saturated carbocycles. The van der Waals surface area contributed by atoms with Crippen LogP contribution in [0.15, 0.2) is 12.5 Å². The van der Waals surface area contributed by atoms with Gasteiger partial charge in [-0.2, -0.15) is 0 Å². The molecule has 0 spiro atoms. The average Bonchev–Trinajstić information content (AvgIpc) is 2.71. The minimum Gasteiger partial charge on any atom is -0.332 e. The lowest BCUT2D eigenvalue weighted by Crippen LogP contribution is -1.88. The number of thiazole rings is 1. The number of hydrogen-bond acceptors (Lipinski definition) is 4. The summed E-state index contributed by atoms with van der Waals surface area (Å²) in [6.07, 6.45) is 4.30. The molecule has 2 aromatic rings. The molecule has 0 atom stereocenters. The molecule has 0 bridgehead atoms. The Bertz CT molecular complexity index is 472. The highest BCUT2D eigenvalue weighted by Crippen LogP contribution is 2.25. The monoisotopic (exact) mass is 207 g/mol. The molecular formula is C9H9N3OS. The van der Waals surface area contributed by atoms with Crippen molar-refractivity contribution < 1.29 is 4.79 Å². The molecule has 5 heteroatoms. The SMILES string of the molecule is Cc1nc(-c2cncn2C)sc1C=O. The van der Waals surface area contributed by atoms with E-state index in [1.165, 1.54) is 11.3 Å². The van der Waals surface area contributed by atoms with Crippen LogP contribution < -0.4 is 0 Å². The molecular weight excluding hydrogens is 198 g/mol. The number of aryl methyl sites for hydroxylation is 2. The third-order valence-electron chi connectivity index (χ3n) is 1.98. The van der Waals surface area contributed by atoms with Gasteiger partial charge in [-0.1, -0.05) is 0 Å². The van der Waals surface area contributed by atoms with Crippen LogP contribution in [0, 0.1) is 6.92 Å². The summed E-state index contributed by atoms with van der Waals surface area (Å²) in [6, 6.07) is 0. The molecule has 0 saturated heterocycles. The first-order chi connectivity index (χ1) is 6.72. The normalized spacial score (nSPS) is 10.4. The summed E-state index contributed by atoms with van der Waals surface area (Å²) < 4.78 is 1.88. The van der Waals surface area contributed by atoms with E-state index < -0.39 is 0 Å². The molecule has 0 radical (unpaired) electrons. The summed E-state index contributed by atoms with van der Waals surface area (Å²) in [6.45, 7) is 1.83. The van der Waals surface area contributed by atoms with Crippen LogP contribution in [0.1, 0.15) is 15.4 Å². The first-order valence-corrected chi connectivity index (χ1v) is 4.93. The second-order valence-electron chi connectivity index (χ2n) is 2.98. The van der Waals surface area contributed by atoms with Crippen LogP contribution in [-0.4, -0.2) is 20.8 Å². The van der Waals surface area contributed by atoms with Gasteiger partial charge in [-0.15, -0.1) is 11.3 Å². The molecule has 14 heavy (non-hydrogen) atoms. The first-order valence-electron chi connectivity index (χ1n) is 4.11. The molecule has 0 aliphatic heterocycles. The van der Waals surface area contributed by atoms with Crippen molar-refractivity contribution in [1.29, 1.82) is 0 Å². The van der Waals surface area contributed by atoms with E-state index >= 15 is 0 Å². The predicted octanol–water partition coefficient (Wildman–Crippen LogP) is 1.66. The van der Waals surface area contributed by atoms with Gasteiger partial charge in [0, 0.05) is 7.05 Å². The smallest absolute Gasteiger partial charge is 0.161 e. The van der Waals surface area contributed by atoms with Crippen LogP contribution in [0.2, 0.25) is 0 Å². The number of carbonyl (C=O) groups is 1. The molecule has 0 fully saturated rings. The number of nitrogens with zero attached hydrogens (tertiary/aromatic N) is 3. The van der Waals surface area contributed by atoms with E-state index in [4.69, 9.17) is 0 Å². The van der Waals surface area contributed by atoms with E-state index in [-0.39, 0.29) is 0 Å². The quantitative estimate of drug-likeness (QED) is 0.704. The summed E-state index contributed by atoms with van der Waals surface area (Å²) in [5.74, 6) is 0. The maximum absolute atomic E-state index is 10.6. The molecule has 0 aliphatic carbocycles. The molecule has 0 aromatic carbocycles. The fourth-order valence-electron chi connectivity index (χ4n) is 1.19. The van der Waals surface area contributed by atoms with Gasteiger partial charge in [0.25, 0.3) is 0 Å². The van der Waals surface area contributed by atoms with E-state index in [0.717, 1.165) is 22.7 Å². The number of rotatable bonds is 2. The van der Waals surface area contributed by atoms with Crippen LogP contribution in [0.5, 0.6) is 0 Å². The number of imidazole rings is 1. The van der Waals surface area contributed by atoms with Crippen LogP contribution >= 0.6 is 11.3 Å². The number of aldehydes is 1. The zero-order chi connectivity index (χ0) is 10.1. The van der Waals surface area contributed by atoms with Crippen molar-refractivity contribution in [3.8, 4) is 10.7 Å². The Morgan fingerprint density at radius 2 is 2.36 bits per heavy atom. The van der Waals surface area contributed by atoms with Gasteiger partial charge >= 0.3 is 0 Å². The van der Waals surface area contributed by atoms with E-state index in [2.05, 4.69) is 9.97 Å². The Hall–Kier alpha value is -1.49. The largest absolute Gasteiger partial charge is 0.332 e. The molecule has 4 nitrogen and oxygen atoms in total. The standard InChI is InChI=1S/C9H9N3OS/c1-6-8(4-13)14-9(11-6)7-3-10-5-12(7)2/h3-5H,1-2H3. The zero-order valence-electron chi connectivity index (χ0n) is 7.89. The van der Waals surface area contributed by atoms with Crippen molar-refractivity contribution in [1.82, 2.24) is 14.5 Å². The Balaban J connectivity index is 2.53. The molecule has 0 amide bonds. The van der Waals surface area contributed by atoms with Crippen molar-refractivity contribution in [2.45, 2.75) is 6.92 Å². The number of hydrogen-bond donors (Lipinski definition) is 0. The van der Waals surface area contributed by atoms with Crippen molar-refractivity contribution in [3.05, 3.63) is 23.1 Å². The lowest BCUT2D eigenvalue weighted by molar-refractivity contribution is 0.112. The van der Waals surface area contributed by atoms with Gasteiger partial charge in [0.2, 0.25) is 0 Å². The highest BCUT2D eigenvalue weighted by Gasteiger charge is 2.10. The lowest BCUT2D eigenvalue weighted by atomic mass is 10.4. The highest BCUT2D eigenvalue weighted by atomic mass is 32.1. The first kappa shape index (κ1) is 9.08. The number of aromatic nitrogens is 3. The van der Waals surface area contributed by atoms with Crippen molar-refractivity contribution in [2.24, 2.45) is 7.05 Å². The zero-order valence-corrected chi connectivity index (χ0v) is 8.71. The highest BCUT2D eigenvalue weighted by molar-refractivity contribution is 7.16. The number of carbonyl (C=O) groups excluding carboxylic acids is 1. The Morgan fingerprint density at radius 1 is 1.57 bits per heavy atom. The van der Waals surface area contributed by atoms with E-state index in [1.54, 1.807) is 12.5 Å². The van der Waals surface area contributed by atoms with Crippen LogP contribution in [0.25, 0.3) is 10.7 Å². The van der Waals surface area contributed by atoms with Crippen LogP contribution in [0.4, 0.5) is 0 Å². The third kappa shape index (κ3) is 1.35. The van der Waals surface area contributed by atoms with Gasteiger partial charge in [-0.3, -0.25) is 4.79 Å². The van der Waals surface area contributed by atoms with Gasteiger partial charge in [0.05, 0.1) is 28.8 Å². The minimum absolute atomic E-state index is 0.682. The molecule has 0 unspecified atom stereocenters. The lowest BCUT2D eigenvalue weighted by Gasteiger charge is -1.94. The summed E-state index contributed by atoms with van der Waals surface area (Å²) in [4.78, 5) is 19.6. The van der Waals surface area contributed by atoms with Crippen molar-refractivity contribution >= 4 is 17.6 Å². The Kier molecular flexibility index (Phi) is 2.17. The second-order valence-corrected chi connectivity index (χ2v) is 4.01. The molecule has 2 aromatic heterocycles. The maximum atomic E-state index is 10.6. The summed E-state index contributed by atoms with van der Waals surface area (Å²) in [5, 5.41) is 0.838. The molecule has 2 heterocycles. The molecule has 2 rings (SSSR count). The van der Waals surface area contributed by atoms with Gasteiger partial charge in [0.15, 0.2) is 6.29 Å². The van der Waals surface area contributed by atoms with Gasteiger partial charge in [-0.05, 0) is 6.92 Å². The van der Waals surface area contributed by atoms with Crippen molar-refractivity contribution in [3.63, 3.8) is 0 Å². The summed E-state index contributed by atoms with van der Waals surface area (Å²) in [7, 11) is 1.90. The molecule has 0 N–H and O–H groups in total. The summed E-state index contributed by atoms with van der Waals surface area (Å²) >= 11 is 1.39. The summed E-state index contributed by atoms with van der Waals surface area (Å²) in [5.41, 5.74) is 1.72. The minimum atomic E-state index is 0.682.